The van der Waals surface area contributed by atoms with E-state index in [-0.39, 0.29) is 17.8 Å². The Balaban J connectivity index is 1.38. The molecule has 1 atom stereocenters. The first-order chi connectivity index (χ1) is 15.7. The van der Waals surface area contributed by atoms with E-state index in [1.54, 1.807) is 18.2 Å². The number of hydrogen-bond acceptors (Lipinski definition) is 5. The highest BCUT2D eigenvalue weighted by Crippen LogP contribution is 2.31. The molecule has 3 heterocycles. The molecule has 1 aliphatic heterocycles. The van der Waals surface area contributed by atoms with Crippen LogP contribution in [-0.2, 0) is 16.1 Å². The maximum Gasteiger partial charge on any atom is 0.234 e. The van der Waals surface area contributed by atoms with Gasteiger partial charge in [-0.25, -0.2) is 0 Å². The largest absolute Gasteiger partial charge is 0.376 e. The molecule has 0 aliphatic carbocycles. The van der Waals surface area contributed by atoms with E-state index in [4.69, 9.17) is 16.3 Å². The fourth-order valence-corrected chi connectivity index (χ4v) is 4.84. The molecular formula is C23H22ClN5O2S. The number of anilines is 1. The molecule has 0 saturated carbocycles. The van der Waals surface area contributed by atoms with E-state index in [2.05, 4.69) is 31.1 Å². The first-order valence-corrected chi connectivity index (χ1v) is 11.8. The summed E-state index contributed by atoms with van der Waals surface area (Å²) in [5.41, 5.74) is 2.70. The van der Waals surface area contributed by atoms with Crippen LogP contribution in [0.3, 0.4) is 0 Å². The lowest BCUT2D eigenvalue weighted by Crippen LogP contribution is -2.18. The summed E-state index contributed by atoms with van der Waals surface area (Å²) in [5, 5.41) is 14.1. The van der Waals surface area contributed by atoms with Crippen LogP contribution in [0.2, 0.25) is 5.02 Å². The topological polar surface area (TPSA) is 84.8 Å². The molecule has 2 aromatic carbocycles. The normalized spacial score (nSPS) is 16.0. The van der Waals surface area contributed by atoms with Crippen LogP contribution in [0.25, 0.3) is 22.3 Å². The summed E-state index contributed by atoms with van der Waals surface area (Å²) in [6.07, 6.45) is 4.14. The van der Waals surface area contributed by atoms with Crippen LogP contribution in [0.4, 0.5) is 5.69 Å². The Morgan fingerprint density at radius 2 is 2.16 bits per heavy atom. The minimum absolute atomic E-state index is 0.120. The molecule has 0 bridgehead atoms. The molecule has 1 saturated heterocycles. The third kappa shape index (κ3) is 4.53. The van der Waals surface area contributed by atoms with Crippen LogP contribution in [0.15, 0.2) is 59.9 Å². The Hall–Kier alpha value is -2.81. The molecule has 164 valence electrons. The maximum atomic E-state index is 12.5. The third-order valence-electron chi connectivity index (χ3n) is 5.40. The summed E-state index contributed by atoms with van der Waals surface area (Å²) in [6.45, 7) is 1.43. The number of benzene rings is 2. The quantitative estimate of drug-likeness (QED) is 0.374. The molecule has 9 heteroatoms. The van der Waals surface area contributed by atoms with Crippen molar-refractivity contribution >= 4 is 45.9 Å². The number of carbonyl (C=O) groups excluding carboxylic acids is 1. The Morgan fingerprint density at radius 1 is 1.25 bits per heavy atom. The SMILES string of the molecule is O=C(CSc1nnc(-c2c[nH]c3ccccc23)n1C[C@H]1CCCO1)Nc1cccc(Cl)c1. The number of aromatic nitrogens is 4. The molecule has 2 N–H and O–H groups in total. The Morgan fingerprint density at radius 3 is 3.00 bits per heavy atom. The van der Waals surface area contributed by atoms with Crippen LogP contribution in [0, 0.1) is 0 Å². The number of aromatic amines is 1. The van der Waals surface area contributed by atoms with Gasteiger partial charge in [-0.3, -0.25) is 9.36 Å². The number of fused-ring (bicyclic) bond motifs is 1. The zero-order valence-corrected chi connectivity index (χ0v) is 18.8. The number of nitrogens with zero attached hydrogens (tertiary/aromatic N) is 3. The number of ether oxygens (including phenoxy) is 1. The van der Waals surface area contributed by atoms with Gasteiger partial charge in [0.15, 0.2) is 11.0 Å². The van der Waals surface area contributed by atoms with Gasteiger partial charge in [-0.05, 0) is 37.1 Å². The number of para-hydroxylation sites is 1. The second-order valence-electron chi connectivity index (χ2n) is 7.65. The smallest absolute Gasteiger partial charge is 0.234 e. The summed E-state index contributed by atoms with van der Waals surface area (Å²) in [6, 6.07) is 15.2. The van der Waals surface area contributed by atoms with Crippen molar-refractivity contribution in [3.05, 3.63) is 59.8 Å². The van der Waals surface area contributed by atoms with Crippen LogP contribution < -0.4 is 5.32 Å². The number of hydrogen-bond donors (Lipinski definition) is 2. The Bertz CT molecular complexity index is 1250. The zero-order valence-electron chi connectivity index (χ0n) is 17.3. The third-order valence-corrected chi connectivity index (χ3v) is 6.60. The first-order valence-electron chi connectivity index (χ1n) is 10.5. The summed E-state index contributed by atoms with van der Waals surface area (Å²) in [4.78, 5) is 15.8. The van der Waals surface area contributed by atoms with Crippen molar-refractivity contribution in [1.82, 2.24) is 19.7 Å². The predicted molar refractivity (Wildman–Crippen MR) is 127 cm³/mol. The second-order valence-corrected chi connectivity index (χ2v) is 9.03. The van der Waals surface area contributed by atoms with E-state index in [0.29, 0.717) is 22.4 Å². The number of amides is 1. The molecular weight excluding hydrogens is 446 g/mol. The summed E-state index contributed by atoms with van der Waals surface area (Å²) >= 11 is 7.37. The van der Waals surface area contributed by atoms with Gasteiger partial charge >= 0.3 is 0 Å². The van der Waals surface area contributed by atoms with Gasteiger partial charge in [0.25, 0.3) is 0 Å². The second kappa shape index (κ2) is 9.36. The zero-order chi connectivity index (χ0) is 21.9. The van der Waals surface area contributed by atoms with Gasteiger partial charge in [0.1, 0.15) is 0 Å². The number of H-pyrrole nitrogens is 1. The van der Waals surface area contributed by atoms with E-state index in [1.165, 1.54) is 11.8 Å². The molecule has 0 unspecified atom stereocenters. The number of carbonyl (C=O) groups is 1. The highest BCUT2D eigenvalue weighted by molar-refractivity contribution is 7.99. The lowest BCUT2D eigenvalue weighted by atomic mass is 10.1. The number of halogens is 1. The first kappa shape index (κ1) is 21.1. The van der Waals surface area contributed by atoms with Crippen molar-refractivity contribution in [3.8, 4) is 11.4 Å². The number of nitrogens with one attached hydrogen (secondary N) is 2. The molecule has 2 aromatic heterocycles. The van der Waals surface area contributed by atoms with Crippen LogP contribution in [-0.4, -0.2) is 44.1 Å². The van der Waals surface area contributed by atoms with Crippen molar-refractivity contribution in [1.29, 1.82) is 0 Å². The highest BCUT2D eigenvalue weighted by Gasteiger charge is 2.23. The Labute approximate surface area is 194 Å². The van der Waals surface area contributed by atoms with Gasteiger partial charge in [-0.15, -0.1) is 10.2 Å². The van der Waals surface area contributed by atoms with Crippen molar-refractivity contribution < 1.29 is 9.53 Å². The molecule has 7 nitrogen and oxygen atoms in total. The van der Waals surface area contributed by atoms with Gasteiger partial charge in [-0.1, -0.05) is 47.6 Å². The van der Waals surface area contributed by atoms with Gasteiger partial charge in [0.05, 0.1) is 18.4 Å². The van der Waals surface area contributed by atoms with E-state index >= 15 is 0 Å². The van der Waals surface area contributed by atoms with Crippen molar-refractivity contribution in [2.75, 3.05) is 17.7 Å². The lowest BCUT2D eigenvalue weighted by molar-refractivity contribution is -0.113. The van der Waals surface area contributed by atoms with Crippen molar-refractivity contribution in [2.45, 2.75) is 30.6 Å². The summed E-state index contributed by atoms with van der Waals surface area (Å²) in [7, 11) is 0. The fraction of sp³-hybridized carbons (Fsp3) is 0.261. The lowest BCUT2D eigenvalue weighted by Gasteiger charge is -2.14. The monoisotopic (exact) mass is 467 g/mol. The minimum atomic E-state index is -0.127. The van der Waals surface area contributed by atoms with E-state index in [9.17, 15) is 4.79 Å². The molecule has 0 spiro atoms. The van der Waals surface area contributed by atoms with Gasteiger partial charge in [0, 0.05) is 40.0 Å². The molecule has 4 aromatic rings. The van der Waals surface area contributed by atoms with Crippen LogP contribution in [0.5, 0.6) is 0 Å². The van der Waals surface area contributed by atoms with Gasteiger partial charge in [0.2, 0.25) is 5.91 Å². The molecule has 32 heavy (non-hydrogen) atoms. The van der Waals surface area contributed by atoms with Gasteiger partial charge < -0.3 is 15.0 Å². The summed E-state index contributed by atoms with van der Waals surface area (Å²) in [5.74, 6) is 0.859. The van der Waals surface area contributed by atoms with Crippen LogP contribution >= 0.6 is 23.4 Å². The molecule has 0 radical (unpaired) electrons. The minimum Gasteiger partial charge on any atom is -0.376 e. The number of thioether (sulfide) groups is 1. The molecule has 1 aliphatic rings. The molecule has 1 fully saturated rings. The Kier molecular flexibility index (Phi) is 6.16. The predicted octanol–water partition coefficient (Wildman–Crippen LogP) is 4.99. The summed E-state index contributed by atoms with van der Waals surface area (Å²) < 4.78 is 7.94. The van der Waals surface area contributed by atoms with E-state index < -0.39 is 0 Å². The average molecular weight is 468 g/mol. The average Bonchev–Trinajstić information content (AvgIpc) is 3.53. The van der Waals surface area contributed by atoms with E-state index in [1.807, 2.05) is 30.5 Å². The van der Waals surface area contributed by atoms with Gasteiger partial charge in [-0.2, -0.15) is 0 Å². The maximum absolute atomic E-state index is 12.5. The molecule has 1 amide bonds. The van der Waals surface area contributed by atoms with Crippen LogP contribution in [0.1, 0.15) is 12.8 Å². The number of rotatable bonds is 7. The van der Waals surface area contributed by atoms with E-state index in [0.717, 1.165) is 41.7 Å². The highest BCUT2D eigenvalue weighted by atomic mass is 35.5. The standard InChI is InChI=1S/C23H22ClN5O2S/c24-15-5-3-6-16(11-15)26-21(30)14-32-23-28-27-22(29(23)13-17-7-4-10-31-17)19-12-25-20-9-2-1-8-18(19)20/h1-3,5-6,8-9,11-12,17,25H,4,7,10,13-14H2,(H,26,30)/t17-/m1/s1. The molecule has 5 rings (SSSR count). The fourth-order valence-electron chi connectivity index (χ4n) is 3.90. The van der Waals surface area contributed by atoms with Crippen molar-refractivity contribution in [2.24, 2.45) is 0 Å². The van der Waals surface area contributed by atoms with Crippen molar-refractivity contribution in [3.63, 3.8) is 0 Å².